The second-order valence-electron chi connectivity index (χ2n) is 6.42. The average Bonchev–Trinajstić information content (AvgIpc) is 2.63. The Hall–Kier alpha value is -1.44. The van der Waals surface area contributed by atoms with Crippen molar-refractivity contribution in [3.05, 3.63) is 29.8 Å². The van der Waals surface area contributed by atoms with E-state index in [0.29, 0.717) is 24.4 Å². The van der Waals surface area contributed by atoms with Crippen LogP contribution in [0.25, 0.3) is 0 Å². The lowest BCUT2D eigenvalue weighted by molar-refractivity contribution is -0.131. The molecule has 0 aromatic heterocycles. The molecule has 2 heterocycles. The largest absolute Gasteiger partial charge is 0.340 e. The standard InChI is InChI=1S/C17H25N3O3S/c21-17(19-12-8-18-9-13-19)14-15-4-6-16(7-5-15)24(22,23)20-10-2-1-3-11-20/h4-7,18H,1-3,8-14H2. The normalized spacial score (nSPS) is 20.1. The Balaban J connectivity index is 1.65. The third-order valence-electron chi connectivity index (χ3n) is 4.70. The van der Waals surface area contributed by atoms with Gasteiger partial charge in [-0.2, -0.15) is 4.31 Å². The molecule has 0 spiro atoms. The topological polar surface area (TPSA) is 69.7 Å². The van der Waals surface area contributed by atoms with Crippen LogP contribution in [0.15, 0.2) is 29.2 Å². The molecule has 1 N–H and O–H groups in total. The van der Waals surface area contributed by atoms with Crippen molar-refractivity contribution in [2.75, 3.05) is 39.3 Å². The van der Waals surface area contributed by atoms with Crippen LogP contribution in [-0.2, 0) is 21.2 Å². The van der Waals surface area contributed by atoms with Gasteiger partial charge in [0.2, 0.25) is 15.9 Å². The van der Waals surface area contributed by atoms with E-state index in [1.165, 1.54) is 0 Å². The van der Waals surface area contributed by atoms with Crippen molar-refractivity contribution >= 4 is 15.9 Å². The maximum absolute atomic E-state index is 12.6. The SMILES string of the molecule is O=C(Cc1ccc(S(=O)(=O)N2CCCCC2)cc1)N1CCNCC1. The highest BCUT2D eigenvalue weighted by Crippen LogP contribution is 2.21. The van der Waals surface area contributed by atoms with E-state index in [0.717, 1.165) is 51.0 Å². The van der Waals surface area contributed by atoms with Gasteiger partial charge in [0.05, 0.1) is 11.3 Å². The van der Waals surface area contributed by atoms with Crippen molar-refractivity contribution < 1.29 is 13.2 Å². The molecule has 1 aromatic carbocycles. The summed E-state index contributed by atoms with van der Waals surface area (Å²) in [6, 6.07) is 6.78. The predicted molar refractivity (Wildman–Crippen MR) is 92.2 cm³/mol. The monoisotopic (exact) mass is 351 g/mol. The first-order valence-electron chi connectivity index (χ1n) is 8.65. The number of amides is 1. The highest BCUT2D eigenvalue weighted by Gasteiger charge is 2.25. The van der Waals surface area contributed by atoms with E-state index in [-0.39, 0.29) is 5.91 Å². The molecule has 0 saturated carbocycles. The van der Waals surface area contributed by atoms with Gasteiger partial charge in [-0.25, -0.2) is 8.42 Å². The summed E-state index contributed by atoms with van der Waals surface area (Å²) >= 11 is 0. The van der Waals surface area contributed by atoms with E-state index >= 15 is 0 Å². The highest BCUT2D eigenvalue weighted by molar-refractivity contribution is 7.89. The number of nitrogens with one attached hydrogen (secondary N) is 1. The lowest BCUT2D eigenvalue weighted by atomic mass is 10.1. The van der Waals surface area contributed by atoms with Gasteiger partial charge in [-0.1, -0.05) is 18.6 Å². The van der Waals surface area contributed by atoms with Crippen molar-refractivity contribution in [2.24, 2.45) is 0 Å². The van der Waals surface area contributed by atoms with Crippen LogP contribution in [0.3, 0.4) is 0 Å². The van der Waals surface area contributed by atoms with Gasteiger partial charge < -0.3 is 10.2 Å². The number of sulfonamides is 1. The minimum Gasteiger partial charge on any atom is -0.340 e. The summed E-state index contributed by atoms with van der Waals surface area (Å²) in [4.78, 5) is 14.4. The van der Waals surface area contributed by atoms with E-state index in [1.54, 1.807) is 28.6 Å². The van der Waals surface area contributed by atoms with Gasteiger partial charge >= 0.3 is 0 Å². The summed E-state index contributed by atoms with van der Waals surface area (Å²) in [6.07, 6.45) is 3.27. The number of hydrogen-bond acceptors (Lipinski definition) is 4. The van der Waals surface area contributed by atoms with E-state index in [2.05, 4.69) is 5.32 Å². The quantitative estimate of drug-likeness (QED) is 0.873. The zero-order chi connectivity index (χ0) is 17.0. The Morgan fingerprint density at radius 1 is 0.958 bits per heavy atom. The Labute approximate surface area is 143 Å². The first-order chi connectivity index (χ1) is 11.6. The third kappa shape index (κ3) is 3.96. The fourth-order valence-corrected chi connectivity index (χ4v) is 4.75. The Morgan fingerprint density at radius 2 is 1.58 bits per heavy atom. The summed E-state index contributed by atoms with van der Waals surface area (Å²) < 4.78 is 26.8. The van der Waals surface area contributed by atoms with Crippen molar-refractivity contribution in [3.63, 3.8) is 0 Å². The molecular formula is C17H25N3O3S. The molecule has 2 saturated heterocycles. The number of benzene rings is 1. The van der Waals surface area contributed by atoms with Crippen LogP contribution >= 0.6 is 0 Å². The molecule has 7 heteroatoms. The number of piperazine rings is 1. The average molecular weight is 351 g/mol. The zero-order valence-corrected chi connectivity index (χ0v) is 14.7. The summed E-state index contributed by atoms with van der Waals surface area (Å²) in [7, 11) is -3.40. The second kappa shape index (κ2) is 7.63. The van der Waals surface area contributed by atoms with Gasteiger partial charge in [0, 0.05) is 39.3 Å². The smallest absolute Gasteiger partial charge is 0.243 e. The van der Waals surface area contributed by atoms with E-state index in [1.807, 2.05) is 4.90 Å². The Bertz CT molecular complexity index is 661. The second-order valence-corrected chi connectivity index (χ2v) is 8.35. The predicted octanol–water partition coefficient (Wildman–Crippen LogP) is 0.836. The molecule has 2 aliphatic heterocycles. The molecular weight excluding hydrogens is 326 g/mol. The van der Waals surface area contributed by atoms with Crippen LogP contribution < -0.4 is 5.32 Å². The molecule has 2 aliphatic rings. The molecule has 0 atom stereocenters. The maximum atomic E-state index is 12.6. The van der Waals surface area contributed by atoms with Gasteiger partial charge in [-0.15, -0.1) is 0 Å². The molecule has 1 amide bonds. The summed E-state index contributed by atoms with van der Waals surface area (Å²) in [5, 5.41) is 3.22. The Morgan fingerprint density at radius 3 is 2.21 bits per heavy atom. The zero-order valence-electron chi connectivity index (χ0n) is 13.9. The van der Waals surface area contributed by atoms with Crippen LogP contribution in [0.5, 0.6) is 0 Å². The maximum Gasteiger partial charge on any atom is 0.243 e. The van der Waals surface area contributed by atoms with Gasteiger partial charge in [-0.05, 0) is 30.5 Å². The third-order valence-corrected chi connectivity index (χ3v) is 6.61. The van der Waals surface area contributed by atoms with Crippen molar-refractivity contribution in [3.8, 4) is 0 Å². The molecule has 1 aromatic rings. The highest BCUT2D eigenvalue weighted by atomic mass is 32.2. The molecule has 0 bridgehead atoms. The molecule has 0 radical (unpaired) electrons. The van der Waals surface area contributed by atoms with E-state index < -0.39 is 10.0 Å². The van der Waals surface area contributed by atoms with Gasteiger partial charge in [0.1, 0.15) is 0 Å². The molecule has 132 valence electrons. The number of carbonyl (C=O) groups is 1. The molecule has 24 heavy (non-hydrogen) atoms. The van der Waals surface area contributed by atoms with E-state index in [9.17, 15) is 13.2 Å². The molecule has 0 aliphatic carbocycles. The summed E-state index contributed by atoms with van der Waals surface area (Å²) in [5.74, 6) is 0.100. The van der Waals surface area contributed by atoms with E-state index in [4.69, 9.17) is 0 Å². The van der Waals surface area contributed by atoms with Crippen LogP contribution in [0.1, 0.15) is 24.8 Å². The molecule has 0 unspecified atom stereocenters. The lowest BCUT2D eigenvalue weighted by Crippen LogP contribution is -2.46. The van der Waals surface area contributed by atoms with Crippen molar-refractivity contribution in [1.29, 1.82) is 0 Å². The lowest BCUT2D eigenvalue weighted by Gasteiger charge is -2.27. The first-order valence-corrected chi connectivity index (χ1v) is 10.1. The molecule has 6 nitrogen and oxygen atoms in total. The fraction of sp³-hybridized carbons (Fsp3) is 0.588. The van der Waals surface area contributed by atoms with Crippen LogP contribution in [0.2, 0.25) is 0 Å². The van der Waals surface area contributed by atoms with Gasteiger partial charge in [0.15, 0.2) is 0 Å². The number of hydrogen-bond donors (Lipinski definition) is 1. The summed E-state index contributed by atoms with van der Waals surface area (Å²) in [5.41, 5.74) is 0.858. The minimum absolute atomic E-state index is 0.100. The van der Waals surface area contributed by atoms with Crippen LogP contribution in [0.4, 0.5) is 0 Å². The fourth-order valence-electron chi connectivity index (χ4n) is 3.23. The number of piperidine rings is 1. The van der Waals surface area contributed by atoms with Gasteiger partial charge in [0.25, 0.3) is 0 Å². The Kier molecular flexibility index (Phi) is 5.53. The number of carbonyl (C=O) groups excluding carboxylic acids is 1. The molecule has 3 rings (SSSR count). The number of rotatable bonds is 4. The minimum atomic E-state index is -3.40. The number of nitrogens with zero attached hydrogens (tertiary/aromatic N) is 2. The van der Waals surface area contributed by atoms with Crippen LogP contribution in [-0.4, -0.2) is 62.8 Å². The van der Waals surface area contributed by atoms with Gasteiger partial charge in [-0.3, -0.25) is 4.79 Å². The van der Waals surface area contributed by atoms with Crippen molar-refractivity contribution in [1.82, 2.24) is 14.5 Å². The summed E-state index contributed by atoms with van der Waals surface area (Å²) in [6.45, 7) is 4.34. The van der Waals surface area contributed by atoms with Crippen LogP contribution in [0, 0.1) is 0 Å². The van der Waals surface area contributed by atoms with Crippen molar-refractivity contribution in [2.45, 2.75) is 30.6 Å². The molecule has 2 fully saturated rings. The first kappa shape index (κ1) is 17.4.